The van der Waals surface area contributed by atoms with Crippen LogP contribution in [0.4, 0.5) is 11.4 Å². The summed E-state index contributed by atoms with van der Waals surface area (Å²) in [5.41, 5.74) is 3.95. The monoisotopic (exact) mass is 295 g/mol. The van der Waals surface area contributed by atoms with E-state index in [1.165, 1.54) is 16.9 Å². The van der Waals surface area contributed by atoms with Crippen molar-refractivity contribution in [1.82, 2.24) is 4.90 Å². The molecule has 3 rings (SSSR count). The lowest BCUT2D eigenvalue weighted by atomic mass is 10.2. The fraction of sp³-hybridized carbons (Fsp3) is 0.368. The molecule has 1 fully saturated rings. The summed E-state index contributed by atoms with van der Waals surface area (Å²) in [6.45, 7) is 8.62. The van der Waals surface area contributed by atoms with Gasteiger partial charge in [-0.05, 0) is 36.8 Å². The second-order valence-corrected chi connectivity index (χ2v) is 5.83. The van der Waals surface area contributed by atoms with Crippen molar-refractivity contribution >= 4 is 11.4 Å². The Morgan fingerprint density at radius 2 is 1.55 bits per heavy atom. The molecule has 0 aliphatic carbocycles. The van der Waals surface area contributed by atoms with Gasteiger partial charge in [-0.1, -0.05) is 30.3 Å². The molecule has 0 saturated carbocycles. The van der Waals surface area contributed by atoms with Crippen molar-refractivity contribution in [3.63, 3.8) is 0 Å². The minimum atomic E-state index is 0.970. The molecular weight excluding hydrogens is 270 g/mol. The Kier molecular flexibility index (Phi) is 4.96. The van der Waals surface area contributed by atoms with Gasteiger partial charge in [-0.3, -0.25) is 4.90 Å². The van der Waals surface area contributed by atoms with Crippen LogP contribution in [0.15, 0.2) is 54.6 Å². The molecule has 0 spiro atoms. The van der Waals surface area contributed by atoms with E-state index >= 15 is 0 Å². The molecule has 3 heteroatoms. The molecule has 0 atom stereocenters. The van der Waals surface area contributed by atoms with Crippen LogP contribution in [0, 0.1) is 0 Å². The van der Waals surface area contributed by atoms with Crippen molar-refractivity contribution in [1.29, 1.82) is 0 Å². The third kappa shape index (κ3) is 3.80. The van der Waals surface area contributed by atoms with Crippen LogP contribution < -0.4 is 10.2 Å². The van der Waals surface area contributed by atoms with Crippen LogP contribution in [0.1, 0.15) is 12.5 Å². The Bertz CT molecular complexity index is 557. The van der Waals surface area contributed by atoms with E-state index in [2.05, 4.69) is 76.6 Å². The highest BCUT2D eigenvalue weighted by atomic mass is 15.3. The van der Waals surface area contributed by atoms with Crippen LogP contribution in [-0.4, -0.2) is 37.6 Å². The molecule has 1 saturated heterocycles. The van der Waals surface area contributed by atoms with Crippen molar-refractivity contribution in [3.05, 3.63) is 60.2 Å². The molecular formula is C19H25N3. The van der Waals surface area contributed by atoms with Crippen molar-refractivity contribution in [2.45, 2.75) is 13.5 Å². The highest BCUT2D eigenvalue weighted by molar-refractivity contribution is 5.55. The fourth-order valence-corrected chi connectivity index (χ4v) is 3.00. The number of nitrogens with one attached hydrogen (secondary N) is 1. The quantitative estimate of drug-likeness (QED) is 0.911. The predicted octanol–water partition coefficient (Wildman–Crippen LogP) is 3.44. The molecule has 3 nitrogen and oxygen atoms in total. The van der Waals surface area contributed by atoms with Crippen LogP contribution in [0.5, 0.6) is 0 Å². The van der Waals surface area contributed by atoms with Gasteiger partial charge < -0.3 is 10.2 Å². The Morgan fingerprint density at radius 1 is 0.864 bits per heavy atom. The van der Waals surface area contributed by atoms with Crippen molar-refractivity contribution in [2.75, 3.05) is 42.9 Å². The molecule has 0 bridgehead atoms. The summed E-state index contributed by atoms with van der Waals surface area (Å²) in [4.78, 5) is 5.02. The normalized spacial score (nSPS) is 15.8. The largest absolute Gasteiger partial charge is 0.385 e. The second kappa shape index (κ2) is 7.32. The molecule has 2 aromatic carbocycles. The van der Waals surface area contributed by atoms with Gasteiger partial charge in [-0.25, -0.2) is 0 Å². The van der Waals surface area contributed by atoms with Crippen molar-refractivity contribution in [2.24, 2.45) is 0 Å². The maximum Gasteiger partial charge on any atom is 0.0368 e. The summed E-state index contributed by atoms with van der Waals surface area (Å²) in [6, 6.07) is 19.6. The van der Waals surface area contributed by atoms with Gasteiger partial charge in [0.2, 0.25) is 0 Å². The van der Waals surface area contributed by atoms with Crippen LogP contribution >= 0.6 is 0 Å². The smallest absolute Gasteiger partial charge is 0.0368 e. The van der Waals surface area contributed by atoms with Gasteiger partial charge in [0.25, 0.3) is 0 Å². The van der Waals surface area contributed by atoms with Gasteiger partial charge in [0.15, 0.2) is 0 Å². The van der Waals surface area contributed by atoms with E-state index in [1.54, 1.807) is 0 Å². The molecule has 2 aromatic rings. The van der Waals surface area contributed by atoms with Gasteiger partial charge in [-0.2, -0.15) is 0 Å². The van der Waals surface area contributed by atoms with E-state index in [4.69, 9.17) is 0 Å². The zero-order valence-corrected chi connectivity index (χ0v) is 13.3. The lowest BCUT2D eigenvalue weighted by Crippen LogP contribution is -2.45. The molecule has 0 amide bonds. The summed E-state index contributed by atoms with van der Waals surface area (Å²) in [5, 5.41) is 3.35. The third-order valence-corrected chi connectivity index (χ3v) is 4.23. The molecule has 116 valence electrons. The number of benzene rings is 2. The molecule has 22 heavy (non-hydrogen) atoms. The summed E-state index contributed by atoms with van der Waals surface area (Å²) >= 11 is 0. The second-order valence-electron chi connectivity index (χ2n) is 5.83. The topological polar surface area (TPSA) is 18.5 Å². The Labute approximate surface area is 133 Å². The molecule has 1 N–H and O–H groups in total. The van der Waals surface area contributed by atoms with Gasteiger partial charge in [-0.15, -0.1) is 0 Å². The summed E-state index contributed by atoms with van der Waals surface area (Å²) < 4.78 is 0. The van der Waals surface area contributed by atoms with Crippen LogP contribution in [-0.2, 0) is 6.54 Å². The van der Waals surface area contributed by atoms with Gasteiger partial charge >= 0.3 is 0 Å². The van der Waals surface area contributed by atoms with Crippen molar-refractivity contribution in [3.8, 4) is 0 Å². The minimum Gasteiger partial charge on any atom is -0.385 e. The van der Waals surface area contributed by atoms with E-state index in [0.717, 1.165) is 39.3 Å². The number of hydrogen-bond acceptors (Lipinski definition) is 3. The number of nitrogens with zero attached hydrogens (tertiary/aromatic N) is 2. The van der Waals surface area contributed by atoms with E-state index in [-0.39, 0.29) is 0 Å². The molecule has 0 unspecified atom stereocenters. The number of rotatable bonds is 5. The SMILES string of the molecule is CCNc1ccc(N2CCN(Cc3ccccc3)CC2)cc1. The lowest BCUT2D eigenvalue weighted by molar-refractivity contribution is 0.250. The Balaban J connectivity index is 1.53. The minimum absolute atomic E-state index is 0.970. The molecule has 1 aliphatic heterocycles. The lowest BCUT2D eigenvalue weighted by Gasteiger charge is -2.36. The first-order valence-corrected chi connectivity index (χ1v) is 8.20. The first kappa shape index (κ1) is 14.9. The highest BCUT2D eigenvalue weighted by Crippen LogP contribution is 2.20. The van der Waals surface area contributed by atoms with E-state index in [0.29, 0.717) is 0 Å². The Morgan fingerprint density at radius 3 is 2.18 bits per heavy atom. The maximum atomic E-state index is 3.35. The summed E-state index contributed by atoms with van der Waals surface area (Å²) in [5.74, 6) is 0. The van der Waals surface area contributed by atoms with Crippen LogP contribution in [0.2, 0.25) is 0 Å². The highest BCUT2D eigenvalue weighted by Gasteiger charge is 2.17. The third-order valence-electron chi connectivity index (χ3n) is 4.23. The molecule has 0 aromatic heterocycles. The predicted molar refractivity (Wildman–Crippen MR) is 94.5 cm³/mol. The number of piperazine rings is 1. The molecule has 0 radical (unpaired) electrons. The Hall–Kier alpha value is -2.00. The van der Waals surface area contributed by atoms with E-state index in [1.807, 2.05) is 0 Å². The number of hydrogen-bond donors (Lipinski definition) is 1. The first-order chi connectivity index (χ1) is 10.8. The van der Waals surface area contributed by atoms with Crippen molar-refractivity contribution < 1.29 is 0 Å². The average Bonchev–Trinajstić information content (AvgIpc) is 2.58. The molecule has 1 heterocycles. The van der Waals surface area contributed by atoms with Crippen LogP contribution in [0.25, 0.3) is 0 Å². The van der Waals surface area contributed by atoms with Gasteiger partial charge in [0.1, 0.15) is 0 Å². The summed E-state index contributed by atoms with van der Waals surface area (Å²) in [7, 11) is 0. The zero-order chi connectivity index (χ0) is 15.2. The summed E-state index contributed by atoms with van der Waals surface area (Å²) in [6.07, 6.45) is 0. The van der Waals surface area contributed by atoms with E-state index in [9.17, 15) is 0 Å². The number of anilines is 2. The zero-order valence-electron chi connectivity index (χ0n) is 13.3. The van der Waals surface area contributed by atoms with E-state index < -0.39 is 0 Å². The van der Waals surface area contributed by atoms with Crippen LogP contribution in [0.3, 0.4) is 0 Å². The first-order valence-electron chi connectivity index (χ1n) is 8.20. The standard InChI is InChI=1S/C19H25N3/c1-2-20-18-8-10-19(11-9-18)22-14-12-21(13-15-22)16-17-6-4-3-5-7-17/h3-11,20H,2,12-16H2,1H3. The van der Waals surface area contributed by atoms with Gasteiger partial charge in [0.05, 0.1) is 0 Å². The fourth-order valence-electron chi connectivity index (χ4n) is 3.00. The van der Waals surface area contributed by atoms with Gasteiger partial charge in [0, 0.05) is 50.6 Å². The average molecular weight is 295 g/mol. The molecule has 1 aliphatic rings. The maximum absolute atomic E-state index is 3.35.